The van der Waals surface area contributed by atoms with Crippen molar-refractivity contribution in [3.63, 3.8) is 0 Å². The smallest absolute Gasteiger partial charge is 0.308 e. The maximum Gasteiger partial charge on any atom is 0.308 e. The number of aromatic nitrogens is 1. The van der Waals surface area contributed by atoms with E-state index in [-0.39, 0.29) is 31.1 Å². The number of ketones is 1. The van der Waals surface area contributed by atoms with Crippen molar-refractivity contribution in [1.29, 1.82) is 0 Å². The Balaban J connectivity index is 1.59. The molecule has 0 radical (unpaired) electrons. The first-order valence-corrected chi connectivity index (χ1v) is 20.0. The minimum atomic E-state index is -1.22. The van der Waals surface area contributed by atoms with E-state index in [1.165, 1.54) is 0 Å². The molecule has 3 aliphatic heterocycles. The van der Waals surface area contributed by atoms with E-state index < -0.39 is 72.7 Å². The molecular weight excluding hydrogens is 706 g/mol. The van der Waals surface area contributed by atoms with Crippen molar-refractivity contribution in [1.82, 2.24) is 14.8 Å². The number of rotatable bonds is 12. The second kappa shape index (κ2) is 22.2. The summed E-state index contributed by atoms with van der Waals surface area (Å²) >= 11 is 0. The van der Waals surface area contributed by atoms with Gasteiger partial charge in [0.1, 0.15) is 24.6 Å². The van der Waals surface area contributed by atoms with E-state index in [4.69, 9.17) is 23.7 Å². The Morgan fingerprint density at radius 3 is 2.49 bits per heavy atom. The summed E-state index contributed by atoms with van der Waals surface area (Å²) in [6.45, 7) is 12.2. The number of hydrogen-bond donors (Lipinski definition) is 2. The lowest BCUT2D eigenvalue weighted by Crippen LogP contribution is -2.64. The number of ether oxygens (including phenoxy) is 5. The predicted octanol–water partition coefficient (Wildman–Crippen LogP) is 3.55. The van der Waals surface area contributed by atoms with E-state index in [1.54, 1.807) is 25.3 Å². The lowest BCUT2D eigenvalue weighted by atomic mass is 9.79. The minimum absolute atomic E-state index is 0.0315. The number of aldehydes is 1. The molecule has 2 saturated heterocycles. The molecule has 0 spiro atoms. The molecule has 0 unspecified atom stereocenters. The fraction of sp³-hybridized carbons (Fsp3) is 0.714. The van der Waals surface area contributed by atoms with Gasteiger partial charge in [0.2, 0.25) is 0 Å². The van der Waals surface area contributed by atoms with Gasteiger partial charge in [-0.1, -0.05) is 44.6 Å². The third-order valence-corrected chi connectivity index (χ3v) is 11.3. The molecule has 4 heterocycles. The molecule has 1 aromatic rings. The zero-order valence-electron chi connectivity index (χ0n) is 33.8. The van der Waals surface area contributed by atoms with Crippen LogP contribution in [0.5, 0.6) is 0 Å². The van der Waals surface area contributed by atoms with Gasteiger partial charge in [0.15, 0.2) is 12.1 Å². The van der Waals surface area contributed by atoms with Crippen molar-refractivity contribution in [2.45, 2.75) is 128 Å². The van der Waals surface area contributed by atoms with Gasteiger partial charge in [0.05, 0.1) is 50.0 Å². The Morgan fingerprint density at radius 2 is 1.84 bits per heavy atom. The molecule has 3 aliphatic rings. The summed E-state index contributed by atoms with van der Waals surface area (Å²) in [4.78, 5) is 47.6. The van der Waals surface area contributed by atoms with Crippen LogP contribution in [0.4, 0.5) is 0 Å². The fourth-order valence-corrected chi connectivity index (χ4v) is 8.08. The van der Waals surface area contributed by atoms with Gasteiger partial charge >= 0.3 is 5.97 Å². The number of cyclic esters (lactones) is 1. The molecule has 55 heavy (non-hydrogen) atoms. The predicted molar refractivity (Wildman–Crippen MR) is 207 cm³/mol. The number of morpholine rings is 1. The topological polar surface area (TPSA) is 157 Å². The highest BCUT2D eigenvalue weighted by Crippen LogP contribution is 2.35. The second-order valence-corrected chi connectivity index (χ2v) is 15.7. The molecule has 0 aromatic carbocycles. The summed E-state index contributed by atoms with van der Waals surface area (Å²) in [5.74, 6) is -2.41. The van der Waals surface area contributed by atoms with Crippen LogP contribution in [0.25, 0.3) is 0 Å². The SMILES string of the molecule is CC[C@H]1OC(=O)C[C@@H](O)[C@H](C)[C@@H](O[C@@H]2O[C@H](C)[C@@H](OCCCc3cccnc3)[C@H](N(C)C)[C@H]2O)[C@@H](CC=O)C[C@@H](C)C(=O)/C=C/C(C)=C/[C@@H]1N1CCOCC1. The number of carbonyl (C=O) groups is 3. The first kappa shape index (κ1) is 44.8. The van der Waals surface area contributed by atoms with E-state index in [1.807, 2.05) is 71.1 Å². The van der Waals surface area contributed by atoms with Gasteiger partial charge in [0.25, 0.3) is 0 Å². The first-order valence-electron chi connectivity index (χ1n) is 20.0. The molecule has 308 valence electrons. The highest BCUT2D eigenvalue weighted by atomic mass is 16.7. The third kappa shape index (κ3) is 12.8. The Kier molecular flexibility index (Phi) is 18.1. The lowest BCUT2D eigenvalue weighted by Gasteiger charge is -2.48. The average Bonchev–Trinajstić information content (AvgIpc) is 3.17. The van der Waals surface area contributed by atoms with E-state index in [0.717, 1.165) is 30.3 Å². The number of nitrogens with zero attached hydrogens (tertiary/aromatic N) is 3. The summed E-state index contributed by atoms with van der Waals surface area (Å²) in [5.41, 5.74) is 1.96. The number of likely N-dealkylation sites (N-methyl/N-ethyl adjacent to an activating group) is 1. The van der Waals surface area contributed by atoms with Crippen LogP contribution < -0.4 is 0 Å². The van der Waals surface area contributed by atoms with Crippen LogP contribution in [-0.4, -0.2) is 145 Å². The average molecular weight is 772 g/mol. The standard InChI is InChI=1S/C42H65N3O10/c1-8-36-33(45-17-21-51-22-18-45)23-27(2)13-14-34(47)28(3)24-32(15-19-46)40(29(4)35(48)25-37(49)54-36)55-42-39(50)38(44(6)7)41(30(5)53-42)52-20-10-12-31-11-9-16-43-26-31/h9,11,13-14,16,19,23,26,28-30,32-33,35-36,38-42,48,50H,8,10,12,15,17-18,20-22,24-25H2,1-7H3/b14-13+,27-23+/t28-,29+,30-,32+,33+,35-,36-,38-,39-,40-,41-,42+/m1/s1. The molecule has 4 rings (SSSR count). The third-order valence-electron chi connectivity index (χ3n) is 11.3. The summed E-state index contributed by atoms with van der Waals surface area (Å²) < 4.78 is 31.0. The molecular formula is C42H65N3O10. The van der Waals surface area contributed by atoms with Crippen LogP contribution in [-0.2, 0) is 44.5 Å². The number of hydrogen-bond acceptors (Lipinski definition) is 13. The zero-order valence-corrected chi connectivity index (χ0v) is 33.8. The molecule has 0 aliphatic carbocycles. The largest absolute Gasteiger partial charge is 0.460 e. The van der Waals surface area contributed by atoms with Crippen LogP contribution >= 0.6 is 0 Å². The molecule has 1 aromatic heterocycles. The molecule has 13 heteroatoms. The van der Waals surface area contributed by atoms with E-state index in [9.17, 15) is 24.6 Å². The van der Waals surface area contributed by atoms with Crippen LogP contribution in [0.2, 0.25) is 0 Å². The number of aliphatic hydroxyl groups is 2. The van der Waals surface area contributed by atoms with Gasteiger partial charge in [-0.25, -0.2) is 0 Å². The Hall–Kier alpha value is -2.88. The van der Waals surface area contributed by atoms with E-state index in [2.05, 4.69) is 9.88 Å². The van der Waals surface area contributed by atoms with Gasteiger partial charge in [-0.3, -0.25) is 19.5 Å². The number of allylic oxidation sites excluding steroid dienone is 3. The summed E-state index contributed by atoms with van der Waals surface area (Å²) in [6.07, 6.45) is 5.93. The second-order valence-electron chi connectivity index (χ2n) is 15.7. The summed E-state index contributed by atoms with van der Waals surface area (Å²) in [6, 6.07) is 3.17. The van der Waals surface area contributed by atoms with Crippen LogP contribution in [0.15, 0.2) is 48.3 Å². The zero-order chi connectivity index (χ0) is 40.1. The number of pyridine rings is 1. The summed E-state index contributed by atoms with van der Waals surface area (Å²) in [5, 5.41) is 23.5. The number of aryl methyl sites for hydroxylation is 1. The van der Waals surface area contributed by atoms with Crippen LogP contribution in [0, 0.1) is 17.8 Å². The van der Waals surface area contributed by atoms with Gasteiger partial charge in [-0.05, 0) is 77.2 Å². The normalized spacial score (nSPS) is 36.5. The van der Waals surface area contributed by atoms with Gasteiger partial charge in [0, 0.05) is 50.3 Å². The van der Waals surface area contributed by atoms with Crippen LogP contribution in [0.3, 0.4) is 0 Å². The van der Waals surface area contributed by atoms with Crippen LogP contribution in [0.1, 0.15) is 72.3 Å². The maximum absolute atomic E-state index is 13.6. The van der Waals surface area contributed by atoms with E-state index >= 15 is 0 Å². The Labute approximate surface area is 327 Å². The molecule has 2 fully saturated rings. The number of aliphatic hydroxyl groups excluding tert-OH is 2. The first-order chi connectivity index (χ1) is 26.3. The number of esters is 1. The van der Waals surface area contributed by atoms with Crippen molar-refractivity contribution < 1.29 is 48.3 Å². The number of carbonyl (C=O) groups excluding carboxylic acids is 3. The highest BCUT2D eigenvalue weighted by molar-refractivity contribution is 5.91. The molecule has 2 N–H and O–H groups in total. The fourth-order valence-electron chi connectivity index (χ4n) is 8.08. The van der Waals surface area contributed by atoms with Crippen molar-refractivity contribution in [3.05, 3.63) is 53.9 Å². The molecule has 0 bridgehead atoms. The van der Waals surface area contributed by atoms with Crippen molar-refractivity contribution >= 4 is 18.0 Å². The molecule has 13 nitrogen and oxygen atoms in total. The Morgan fingerprint density at radius 1 is 1.09 bits per heavy atom. The lowest BCUT2D eigenvalue weighted by molar-refractivity contribution is -0.308. The molecule has 0 saturated carbocycles. The van der Waals surface area contributed by atoms with E-state index in [0.29, 0.717) is 39.3 Å². The van der Waals surface area contributed by atoms with Gasteiger partial charge < -0.3 is 43.6 Å². The quantitative estimate of drug-likeness (QED) is 0.181. The Bertz CT molecular complexity index is 1400. The molecule has 0 amide bonds. The van der Waals surface area contributed by atoms with Crippen molar-refractivity contribution in [2.75, 3.05) is 47.0 Å². The van der Waals surface area contributed by atoms with Crippen molar-refractivity contribution in [2.24, 2.45) is 17.8 Å². The minimum Gasteiger partial charge on any atom is -0.460 e. The highest BCUT2D eigenvalue weighted by Gasteiger charge is 2.48. The monoisotopic (exact) mass is 771 g/mol. The van der Waals surface area contributed by atoms with Crippen molar-refractivity contribution in [3.8, 4) is 0 Å². The molecule has 12 atom stereocenters. The summed E-state index contributed by atoms with van der Waals surface area (Å²) in [7, 11) is 3.72. The van der Waals surface area contributed by atoms with Gasteiger partial charge in [-0.15, -0.1) is 0 Å². The maximum atomic E-state index is 13.6. The van der Waals surface area contributed by atoms with Gasteiger partial charge in [-0.2, -0.15) is 0 Å².